The van der Waals surface area contributed by atoms with Gasteiger partial charge >= 0.3 is 6.09 Å². The van der Waals surface area contributed by atoms with Gasteiger partial charge in [0.15, 0.2) is 17.9 Å². The number of alkyl carbamates (subject to hydrolysis) is 1. The van der Waals surface area contributed by atoms with Crippen LogP contribution in [-0.2, 0) is 18.3 Å². The fourth-order valence-corrected chi connectivity index (χ4v) is 3.02. The number of carbonyl (C=O) groups is 1. The molecular weight excluding hydrogens is 372 g/mol. The molecule has 1 amide bonds. The maximum absolute atomic E-state index is 11.6. The molecule has 0 unspecified atom stereocenters. The molecule has 146 valence electrons. The third-order valence-electron chi connectivity index (χ3n) is 4.34. The fraction of sp³-hybridized carbons (Fsp3) is 0.200. The van der Waals surface area contributed by atoms with Gasteiger partial charge in [0.2, 0.25) is 5.89 Å². The number of oxazole rings is 1. The van der Waals surface area contributed by atoms with E-state index in [2.05, 4.69) is 31.5 Å². The van der Waals surface area contributed by atoms with Crippen LogP contribution < -0.4 is 10.6 Å². The summed E-state index contributed by atoms with van der Waals surface area (Å²) in [5.74, 6) is 3.30. The van der Waals surface area contributed by atoms with Gasteiger partial charge in [0.05, 0.1) is 6.33 Å². The molecule has 0 atom stereocenters. The first-order chi connectivity index (χ1) is 14.1. The zero-order chi connectivity index (χ0) is 20.4. The monoisotopic (exact) mass is 390 g/mol. The lowest BCUT2D eigenvalue weighted by Crippen LogP contribution is -2.23. The average molecular weight is 390 g/mol. The highest BCUT2D eigenvalue weighted by Gasteiger charge is 2.18. The normalized spacial score (nSPS) is 10.8. The number of ether oxygens (including phenoxy) is 1. The largest absolute Gasteiger partial charge is 0.436 e. The number of amides is 1. The van der Waals surface area contributed by atoms with Crippen LogP contribution in [0.3, 0.4) is 0 Å². The Labute approximate surface area is 166 Å². The summed E-state index contributed by atoms with van der Waals surface area (Å²) in [6.45, 7) is 0.213. The molecule has 9 heteroatoms. The summed E-state index contributed by atoms with van der Waals surface area (Å²) in [6.07, 6.45) is 6.21. The first kappa shape index (κ1) is 18.3. The Morgan fingerprint density at radius 1 is 1.34 bits per heavy atom. The number of carbonyl (C=O) groups excluding carboxylic acids is 1. The van der Waals surface area contributed by atoms with Gasteiger partial charge in [-0.05, 0) is 17.7 Å². The molecule has 0 spiro atoms. The lowest BCUT2D eigenvalue weighted by molar-refractivity contribution is 0.159. The quantitative estimate of drug-likeness (QED) is 0.505. The number of pyridine rings is 1. The summed E-state index contributed by atoms with van der Waals surface area (Å²) in [4.78, 5) is 25.1. The molecule has 1 aromatic carbocycles. The summed E-state index contributed by atoms with van der Waals surface area (Å²) in [5, 5.41) is 5.68. The third kappa shape index (κ3) is 3.43. The first-order valence-corrected chi connectivity index (χ1v) is 8.83. The van der Waals surface area contributed by atoms with Crippen molar-refractivity contribution in [3.8, 4) is 23.8 Å². The Balaban J connectivity index is 1.67. The Morgan fingerprint density at radius 2 is 2.21 bits per heavy atom. The molecule has 2 N–H and O–H groups in total. The molecule has 9 nitrogen and oxygen atoms in total. The summed E-state index contributed by atoms with van der Waals surface area (Å²) in [7, 11) is 3.68. The van der Waals surface area contributed by atoms with E-state index in [-0.39, 0.29) is 13.2 Å². The number of hydrogen-bond acceptors (Lipinski definition) is 7. The van der Waals surface area contributed by atoms with E-state index in [1.165, 1.54) is 0 Å². The van der Waals surface area contributed by atoms with E-state index < -0.39 is 6.09 Å². The van der Waals surface area contributed by atoms with Crippen LogP contribution in [0.25, 0.3) is 33.7 Å². The maximum atomic E-state index is 11.6. The number of aryl methyl sites for hydroxylation is 1. The molecule has 0 aliphatic heterocycles. The number of fused-ring (bicyclic) bond motifs is 3. The molecule has 3 aromatic heterocycles. The van der Waals surface area contributed by atoms with Crippen LogP contribution in [-0.4, -0.2) is 39.3 Å². The van der Waals surface area contributed by atoms with E-state index in [0.29, 0.717) is 22.9 Å². The number of nitrogens with one attached hydrogen (secondary N) is 2. The van der Waals surface area contributed by atoms with Gasteiger partial charge < -0.3 is 24.4 Å². The second-order valence-corrected chi connectivity index (χ2v) is 6.27. The van der Waals surface area contributed by atoms with Gasteiger partial charge in [-0.1, -0.05) is 18.1 Å². The number of nitrogens with zero attached hydrogens (tertiary/aromatic N) is 4. The Kier molecular flexibility index (Phi) is 4.75. The molecule has 0 saturated heterocycles. The highest BCUT2D eigenvalue weighted by molar-refractivity contribution is 6.03. The number of benzene rings is 1. The van der Waals surface area contributed by atoms with E-state index in [9.17, 15) is 4.79 Å². The van der Waals surface area contributed by atoms with Crippen LogP contribution in [0.15, 0.2) is 35.0 Å². The molecule has 3 heterocycles. The summed E-state index contributed by atoms with van der Waals surface area (Å²) < 4.78 is 12.6. The number of imidazole rings is 1. The zero-order valence-electron chi connectivity index (χ0n) is 15.9. The molecule has 0 radical (unpaired) electrons. The van der Waals surface area contributed by atoms with Gasteiger partial charge in [-0.3, -0.25) is 0 Å². The standard InChI is InChI=1S/C20H18N6O3/c1-4-8-28-20(27)22-10-12-6-5-7-13(9-12)18-24-15-16-14(23-11-26(16)3)17(21-2)25-19(15)29-18/h1,5-7,9,11H,8,10H2,2-3H3,(H,21,25)(H,22,27). The minimum absolute atomic E-state index is 0.0706. The molecular formula is C20H18N6O3. The Morgan fingerprint density at radius 3 is 3.00 bits per heavy atom. The fourth-order valence-electron chi connectivity index (χ4n) is 3.02. The summed E-state index contributed by atoms with van der Waals surface area (Å²) >= 11 is 0. The second-order valence-electron chi connectivity index (χ2n) is 6.27. The van der Waals surface area contributed by atoms with Crippen LogP contribution >= 0.6 is 0 Å². The first-order valence-electron chi connectivity index (χ1n) is 8.83. The molecule has 4 rings (SSSR count). The summed E-state index contributed by atoms with van der Waals surface area (Å²) in [6, 6.07) is 7.50. The van der Waals surface area contributed by atoms with Gasteiger partial charge in [0, 0.05) is 26.2 Å². The Hall–Kier alpha value is -4.06. The SMILES string of the molecule is C#CCOC(=O)NCc1cccc(-c2nc3c(nc(NC)c4ncn(C)c43)o2)c1. The molecule has 29 heavy (non-hydrogen) atoms. The van der Waals surface area contributed by atoms with Gasteiger partial charge in [-0.25, -0.2) is 14.8 Å². The predicted molar refractivity (Wildman–Crippen MR) is 108 cm³/mol. The highest BCUT2D eigenvalue weighted by atomic mass is 16.5. The lowest BCUT2D eigenvalue weighted by atomic mass is 10.1. The van der Waals surface area contributed by atoms with Gasteiger partial charge in [-0.15, -0.1) is 6.42 Å². The molecule has 4 aromatic rings. The van der Waals surface area contributed by atoms with Crippen LogP contribution in [0.5, 0.6) is 0 Å². The third-order valence-corrected chi connectivity index (χ3v) is 4.34. The van der Waals surface area contributed by atoms with Gasteiger partial charge in [0.1, 0.15) is 11.0 Å². The predicted octanol–water partition coefficient (Wildman–Crippen LogP) is 2.68. The average Bonchev–Trinajstić information content (AvgIpc) is 3.33. The van der Waals surface area contributed by atoms with Crippen LogP contribution in [0, 0.1) is 12.3 Å². The van der Waals surface area contributed by atoms with Crippen molar-refractivity contribution in [2.45, 2.75) is 6.54 Å². The van der Waals surface area contributed by atoms with Gasteiger partial charge in [0.25, 0.3) is 5.71 Å². The number of rotatable bonds is 5. The smallest absolute Gasteiger partial charge is 0.408 e. The van der Waals surface area contributed by atoms with Crippen molar-refractivity contribution in [2.75, 3.05) is 19.0 Å². The molecule has 0 aliphatic carbocycles. The van der Waals surface area contributed by atoms with Crippen molar-refractivity contribution in [2.24, 2.45) is 7.05 Å². The zero-order valence-corrected chi connectivity index (χ0v) is 15.9. The molecule has 0 fully saturated rings. The van der Waals surface area contributed by atoms with E-state index in [1.807, 2.05) is 35.9 Å². The minimum Gasteiger partial charge on any atom is -0.436 e. The topological polar surface area (TPSA) is 107 Å². The van der Waals surface area contributed by atoms with Crippen LogP contribution in [0.4, 0.5) is 10.6 Å². The van der Waals surface area contributed by atoms with Crippen molar-refractivity contribution in [3.63, 3.8) is 0 Å². The van der Waals surface area contributed by atoms with Crippen molar-refractivity contribution in [3.05, 3.63) is 36.2 Å². The minimum atomic E-state index is -0.572. The van der Waals surface area contributed by atoms with E-state index in [4.69, 9.17) is 15.6 Å². The van der Waals surface area contributed by atoms with E-state index >= 15 is 0 Å². The van der Waals surface area contributed by atoms with Crippen molar-refractivity contribution < 1.29 is 13.9 Å². The Bertz CT molecular complexity index is 1250. The second kappa shape index (κ2) is 7.52. The van der Waals surface area contributed by atoms with Crippen LogP contribution in [0.1, 0.15) is 5.56 Å². The van der Waals surface area contributed by atoms with E-state index in [1.54, 1.807) is 13.4 Å². The highest BCUT2D eigenvalue weighted by Crippen LogP contribution is 2.31. The van der Waals surface area contributed by atoms with Crippen molar-refractivity contribution in [1.82, 2.24) is 24.8 Å². The molecule has 0 bridgehead atoms. The molecule has 0 saturated carbocycles. The van der Waals surface area contributed by atoms with Crippen molar-refractivity contribution in [1.29, 1.82) is 0 Å². The number of terminal acetylenes is 1. The lowest BCUT2D eigenvalue weighted by Gasteiger charge is -2.05. The molecule has 0 aliphatic rings. The number of anilines is 1. The van der Waals surface area contributed by atoms with Gasteiger partial charge in [-0.2, -0.15) is 4.98 Å². The number of hydrogen-bond donors (Lipinski definition) is 2. The summed E-state index contributed by atoms with van der Waals surface area (Å²) in [5.41, 5.74) is 4.24. The van der Waals surface area contributed by atoms with Crippen LogP contribution in [0.2, 0.25) is 0 Å². The number of aromatic nitrogens is 4. The van der Waals surface area contributed by atoms with Crippen molar-refractivity contribution >= 4 is 34.2 Å². The maximum Gasteiger partial charge on any atom is 0.408 e. The van der Waals surface area contributed by atoms with E-state index in [0.717, 1.165) is 22.2 Å².